The van der Waals surface area contributed by atoms with Crippen molar-refractivity contribution >= 4 is 0 Å². The quantitative estimate of drug-likeness (QED) is 0.853. The fourth-order valence-corrected chi connectivity index (χ4v) is 3.95. The summed E-state index contributed by atoms with van der Waals surface area (Å²) in [5, 5.41) is 9.69. The molecule has 5 heteroatoms. The normalized spacial score (nSPS) is 26.6. The number of hydrogen-bond donors (Lipinski definition) is 1. The summed E-state index contributed by atoms with van der Waals surface area (Å²) in [5.41, 5.74) is 2.42. The van der Waals surface area contributed by atoms with Crippen LogP contribution in [0.15, 0.2) is 18.3 Å². The number of piperidine rings is 1. The Bertz CT molecular complexity index is 488. The number of hydrogen-bond acceptors (Lipinski definition) is 5. The number of nitrogens with zero attached hydrogens (tertiary/aromatic N) is 3. The number of likely N-dealkylation sites (tertiary alicyclic amines) is 1. The van der Waals surface area contributed by atoms with Gasteiger partial charge >= 0.3 is 0 Å². The van der Waals surface area contributed by atoms with E-state index in [4.69, 9.17) is 4.74 Å². The first-order valence-corrected chi connectivity index (χ1v) is 9.34. The Balaban J connectivity index is 1.57. The van der Waals surface area contributed by atoms with Crippen LogP contribution in [-0.2, 0) is 17.7 Å². The first kappa shape index (κ1) is 17.8. The minimum atomic E-state index is 0.290. The van der Waals surface area contributed by atoms with E-state index in [1.54, 1.807) is 0 Å². The van der Waals surface area contributed by atoms with Crippen LogP contribution in [0.5, 0.6) is 0 Å². The number of aryl methyl sites for hydroxylation is 1. The van der Waals surface area contributed by atoms with Crippen molar-refractivity contribution in [2.75, 3.05) is 52.5 Å². The van der Waals surface area contributed by atoms with E-state index >= 15 is 0 Å². The minimum Gasteiger partial charge on any atom is -0.396 e. The molecule has 24 heavy (non-hydrogen) atoms. The van der Waals surface area contributed by atoms with Gasteiger partial charge in [0.25, 0.3) is 0 Å². The van der Waals surface area contributed by atoms with Gasteiger partial charge in [-0.3, -0.25) is 14.8 Å². The van der Waals surface area contributed by atoms with Gasteiger partial charge in [0.1, 0.15) is 0 Å². The lowest BCUT2D eigenvalue weighted by atomic mass is 9.89. The van der Waals surface area contributed by atoms with Crippen LogP contribution in [0.2, 0.25) is 0 Å². The molecule has 1 N–H and O–H groups in total. The van der Waals surface area contributed by atoms with E-state index in [9.17, 15) is 5.11 Å². The van der Waals surface area contributed by atoms with Crippen LogP contribution in [-0.4, -0.2) is 72.4 Å². The highest BCUT2D eigenvalue weighted by Gasteiger charge is 2.28. The van der Waals surface area contributed by atoms with E-state index in [-0.39, 0.29) is 6.61 Å². The molecule has 0 amide bonds. The third kappa shape index (κ3) is 4.99. The lowest BCUT2D eigenvalue weighted by Crippen LogP contribution is -2.47. The molecule has 0 bridgehead atoms. The molecule has 2 atom stereocenters. The molecule has 0 aromatic carbocycles. The predicted molar refractivity (Wildman–Crippen MR) is 94.8 cm³/mol. The fraction of sp³-hybridized carbons (Fsp3) is 0.737. The van der Waals surface area contributed by atoms with Crippen molar-refractivity contribution in [1.82, 2.24) is 14.8 Å². The highest BCUT2D eigenvalue weighted by atomic mass is 16.5. The average Bonchev–Trinajstić information content (AvgIpc) is 2.63. The SMILES string of the molecule is CCc1ccc(CN2CC(CO)CC(CN3CCOCC3)C2)nc1. The molecule has 2 aliphatic heterocycles. The van der Waals surface area contributed by atoms with Crippen LogP contribution >= 0.6 is 0 Å². The lowest BCUT2D eigenvalue weighted by Gasteiger charge is -2.39. The molecule has 1 aromatic rings. The van der Waals surface area contributed by atoms with Gasteiger partial charge in [0.05, 0.1) is 18.9 Å². The van der Waals surface area contributed by atoms with Crippen molar-refractivity contribution in [3.8, 4) is 0 Å². The molecule has 3 rings (SSSR count). The third-order valence-electron chi connectivity index (χ3n) is 5.26. The van der Waals surface area contributed by atoms with Crippen LogP contribution in [0.4, 0.5) is 0 Å². The van der Waals surface area contributed by atoms with Gasteiger partial charge in [-0.05, 0) is 36.3 Å². The molecule has 5 nitrogen and oxygen atoms in total. The summed E-state index contributed by atoms with van der Waals surface area (Å²) in [5.74, 6) is 1.02. The largest absolute Gasteiger partial charge is 0.396 e. The highest BCUT2D eigenvalue weighted by Crippen LogP contribution is 2.24. The number of aliphatic hydroxyl groups excluding tert-OH is 1. The maximum atomic E-state index is 9.69. The van der Waals surface area contributed by atoms with Crippen LogP contribution in [0, 0.1) is 11.8 Å². The fourth-order valence-electron chi connectivity index (χ4n) is 3.95. The number of pyridine rings is 1. The maximum absolute atomic E-state index is 9.69. The zero-order chi connectivity index (χ0) is 16.8. The van der Waals surface area contributed by atoms with Gasteiger partial charge in [-0.15, -0.1) is 0 Å². The Morgan fingerprint density at radius 2 is 1.96 bits per heavy atom. The standard InChI is InChI=1S/C19H31N3O2/c1-2-16-3-4-19(20-10-16)14-22-12-17(9-18(13-22)15-23)11-21-5-7-24-8-6-21/h3-4,10,17-18,23H,2,5-9,11-15H2,1H3. The smallest absolute Gasteiger partial charge is 0.0594 e. The first-order chi connectivity index (χ1) is 11.8. The van der Waals surface area contributed by atoms with E-state index in [1.165, 1.54) is 5.56 Å². The van der Waals surface area contributed by atoms with Gasteiger partial charge in [-0.2, -0.15) is 0 Å². The summed E-state index contributed by atoms with van der Waals surface area (Å²) in [7, 11) is 0. The van der Waals surface area contributed by atoms with Gasteiger partial charge in [-0.25, -0.2) is 0 Å². The maximum Gasteiger partial charge on any atom is 0.0594 e. The lowest BCUT2D eigenvalue weighted by molar-refractivity contribution is 0.0116. The molecule has 0 aliphatic carbocycles. The average molecular weight is 333 g/mol. The predicted octanol–water partition coefficient (Wildman–Crippen LogP) is 1.41. The number of ether oxygens (including phenoxy) is 1. The Labute approximate surface area is 145 Å². The molecule has 2 saturated heterocycles. The second kappa shape index (κ2) is 8.90. The van der Waals surface area contributed by atoms with Gasteiger partial charge in [0.15, 0.2) is 0 Å². The minimum absolute atomic E-state index is 0.290. The van der Waals surface area contributed by atoms with Crippen molar-refractivity contribution < 1.29 is 9.84 Å². The van der Waals surface area contributed by atoms with Gasteiger partial charge in [-0.1, -0.05) is 13.0 Å². The van der Waals surface area contributed by atoms with E-state index in [0.29, 0.717) is 11.8 Å². The van der Waals surface area contributed by atoms with Gasteiger partial charge in [0, 0.05) is 52.1 Å². The topological polar surface area (TPSA) is 48.8 Å². The van der Waals surface area contributed by atoms with Crippen molar-refractivity contribution in [3.63, 3.8) is 0 Å². The van der Waals surface area contributed by atoms with Crippen LogP contribution < -0.4 is 0 Å². The van der Waals surface area contributed by atoms with Crippen molar-refractivity contribution in [3.05, 3.63) is 29.6 Å². The van der Waals surface area contributed by atoms with Gasteiger partial charge < -0.3 is 9.84 Å². The second-order valence-corrected chi connectivity index (χ2v) is 7.27. The summed E-state index contributed by atoms with van der Waals surface area (Å²) < 4.78 is 5.45. The second-order valence-electron chi connectivity index (χ2n) is 7.27. The Hall–Kier alpha value is -1.01. The molecule has 3 heterocycles. The summed E-state index contributed by atoms with van der Waals surface area (Å²) in [6.45, 7) is 10.3. The van der Waals surface area contributed by atoms with Crippen molar-refractivity contribution in [2.45, 2.75) is 26.3 Å². The molecule has 2 aliphatic rings. The van der Waals surface area contributed by atoms with E-state index in [1.807, 2.05) is 6.20 Å². The Kier molecular flexibility index (Phi) is 6.60. The summed E-state index contributed by atoms with van der Waals surface area (Å²) in [6.07, 6.45) is 4.16. The molecule has 0 spiro atoms. The number of morpholine rings is 1. The molecule has 134 valence electrons. The molecular formula is C19H31N3O2. The monoisotopic (exact) mass is 333 g/mol. The first-order valence-electron chi connectivity index (χ1n) is 9.34. The molecule has 2 unspecified atom stereocenters. The molecule has 1 aromatic heterocycles. The zero-order valence-electron chi connectivity index (χ0n) is 14.9. The number of rotatable bonds is 6. The highest BCUT2D eigenvalue weighted by molar-refractivity contribution is 5.14. The molecular weight excluding hydrogens is 302 g/mol. The van der Waals surface area contributed by atoms with Crippen LogP contribution in [0.3, 0.4) is 0 Å². The zero-order valence-corrected chi connectivity index (χ0v) is 14.9. The Morgan fingerprint density at radius 3 is 2.62 bits per heavy atom. The van der Waals surface area contributed by atoms with Crippen molar-refractivity contribution in [1.29, 1.82) is 0 Å². The van der Waals surface area contributed by atoms with Crippen LogP contribution in [0.1, 0.15) is 24.6 Å². The van der Waals surface area contributed by atoms with E-state index in [0.717, 1.165) is 71.0 Å². The summed E-state index contributed by atoms with van der Waals surface area (Å²) in [6, 6.07) is 4.33. The molecule has 2 fully saturated rings. The van der Waals surface area contributed by atoms with E-state index < -0.39 is 0 Å². The Morgan fingerprint density at radius 1 is 1.17 bits per heavy atom. The van der Waals surface area contributed by atoms with Crippen LogP contribution in [0.25, 0.3) is 0 Å². The summed E-state index contributed by atoms with van der Waals surface area (Å²) >= 11 is 0. The summed E-state index contributed by atoms with van der Waals surface area (Å²) in [4.78, 5) is 9.59. The molecule has 0 radical (unpaired) electrons. The van der Waals surface area contributed by atoms with Gasteiger partial charge in [0.2, 0.25) is 0 Å². The number of aromatic nitrogens is 1. The number of aliphatic hydroxyl groups is 1. The van der Waals surface area contributed by atoms with E-state index in [2.05, 4.69) is 33.8 Å². The van der Waals surface area contributed by atoms with Crippen molar-refractivity contribution in [2.24, 2.45) is 11.8 Å². The third-order valence-corrected chi connectivity index (χ3v) is 5.26. The molecule has 0 saturated carbocycles.